The minimum absolute atomic E-state index is 0.0117. The minimum atomic E-state index is -0.400. The Kier molecular flexibility index (Phi) is 10.3. The van der Waals surface area contributed by atoms with Gasteiger partial charge in [0.15, 0.2) is 0 Å². The van der Waals surface area contributed by atoms with Crippen LogP contribution in [0.15, 0.2) is 84.9 Å². The molecule has 36 heavy (non-hydrogen) atoms. The van der Waals surface area contributed by atoms with Gasteiger partial charge in [-0.05, 0) is 72.5 Å². The van der Waals surface area contributed by atoms with Crippen molar-refractivity contribution in [3.8, 4) is 0 Å². The van der Waals surface area contributed by atoms with Crippen LogP contribution in [0.25, 0.3) is 0 Å². The van der Waals surface area contributed by atoms with Gasteiger partial charge in [-0.3, -0.25) is 9.59 Å². The first-order valence-corrected chi connectivity index (χ1v) is 11.9. The average Bonchev–Trinajstić information content (AvgIpc) is 2.88. The van der Waals surface area contributed by atoms with E-state index in [1.807, 2.05) is 0 Å². The summed E-state index contributed by atoms with van der Waals surface area (Å²) in [5.41, 5.74) is 2.27. The molecule has 0 fully saturated rings. The van der Waals surface area contributed by atoms with Crippen LogP contribution in [0.5, 0.6) is 0 Å². The normalized spacial score (nSPS) is 11.1. The molecule has 0 unspecified atom stereocenters. The van der Waals surface area contributed by atoms with Gasteiger partial charge in [-0.25, -0.2) is 13.2 Å². The second-order valence-corrected chi connectivity index (χ2v) is 8.39. The number of carbonyl (C=O) groups is 2. The molecule has 2 N–H and O–H groups in total. The van der Waals surface area contributed by atoms with E-state index in [-0.39, 0.29) is 29.4 Å². The molecule has 7 heteroatoms. The Morgan fingerprint density at radius 1 is 0.667 bits per heavy atom. The van der Waals surface area contributed by atoms with E-state index in [0.717, 1.165) is 24.0 Å². The van der Waals surface area contributed by atoms with Gasteiger partial charge in [0.05, 0.1) is 0 Å². The molecule has 0 aromatic heterocycles. The van der Waals surface area contributed by atoms with Crippen LogP contribution < -0.4 is 10.6 Å². The summed E-state index contributed by atoms with van der Waals surface area (Å²) in [4.78, 5) is 24.1. The van der Waals surface area contributed by atoms with Crippen LogP contribution in [0.4, 0.5) is 13.2 Å². The van der Waals surface area contributed by atoms with Gasteiger partial charge in [-0.1, -0.05) is 42.8 Å². The monoisotopic (exact) mass is 494 g/mol. The van der Waals surface area contributed by atoms with Crippen molar-refractivity contribution in [2.75, 3.05) is 13.1 Å². The lowest BCUT2D eigenvalue weighted by Gasteiger charge is -2.18. The van der Waals surface area contributed by atoms with E-state index in [9.17, 15) is 22.8 Å². The smallest absolute Gasteiger partial charge is 0.251 e. The fourth-order valence-corrected chi connectivity index (χ4v) is 3.83. The van der Waals surface area contributed by atoms with Gasteiger partial charge < -0.3 is 10.6 Å². The molecule has 0 aliphatic rings. The summed E-state index contributed by atoms with van der Waals surface area (Å²) in [6, 6.07) is 17.9. The van der Waals surface area contributed by atoms with Crippen LogP contribution in [0.3, 0.4) is 0 Å². The molecule has 188 valence electrons. The highest BCUT2D eigenvalue weighted by Crippen LogP contribution is 2.30. The number of rotatable bonds is 12. The van der Waals surface area contributed by atoms with Gasteiger partial charge in [0, 0.05) is 31.0 Å². The molecule has 0 spiro atoms. The van der Waals surface area contributed by atoms with Gasteiger partial charge in [0.25, 0.3) is 5.91 Å². The molecular formula is C29H29F3N2O2. The van der Waals surface area contributed by atoms with Gasteiger partial charge in [-0.15, -0.1) is 0 Å². The third-order valence-corrected chi connectivity index (χ3v) is 5.76. The maximum atomic E-state index is 13.4. The van der Waals surface area contributed by atoms with Crippen LogP contribution >= 0.6 is 0 Å². The molecule has 4 nitrogen and oxygen atoms in total. The molecule has 0 atom stereocenters. The molecule has 0 saturated carbocycles. The molecule has 3 aromatic carbocycles. The number of unbranched alkanes of at least 4 members (excludes halogenated alkanes) is 1. The first kappa shape index (κ1) is 26.7. The Morgan fingerprint density at radius 2 is 1.14 bits per heavy atom. The number of hydrogen-bond acceptors (Lipinski definition) is 2. The highest BCUT2D eigenvalue weighted by molar-refractivity contribution is 5.94. The van der Waals surface area contributed by atoms with E-state index in [1.165, 1.54) is 48.5 Å². The predicted octanol–water partition coefficient (Wildman–Crippen LogP) is 5.90. The Labute approximate surface area is 209 Å². The van der Waals surface area contributed by atoms with Gasteiger partial charge >= 0.3 is 0 Å². The van der Waals surface area contributed by atoms with Crippen molar-refractivity contribution in [3.63, 3.8) is 0 Å². The number of nitrogens with one attached hydrogen (secondary N) is 2. The molecule has 3 aromatic rings. The van der Waals surface area contributed by atoms with E-state index < -0.39 is 5.82 Å². The Bertz CT molecular complexity index is 1100. The van der Waals surface area contributed by atoms with Crippen molar-refractivity contribution >= 4 is 11.8 Å². The summed E-state index contributed by atoms with van der Waals surface area (Å²) in [6.07, 6.45) is 6.06. The van der Waals surface area contributed by atoms with Crippen LogP contribution in [0, 0.1) is 17.5 Å². The largest absolute Gasteiger partial charge is 0.353 e. The molecule has 0 bridgehead atoms. The van der Waals surface area contributed by atoms with Crippen molar-refractivity contribution in [2.45, 2.75) is 31.6 Å². The lowest BCUT2D eigenvalue weighted by atomic mass is 9.87. The minimum Gasteiger partial charge on any atom is -0.353 e. The maximum Gasteiger partial charge on any atom is 0.251 e. The maximum absolute atomic E-state index is 13.4. The van der Waals surface area contributed by atoms with Gasteiger partial charge in [0.1, 0.15) is 17.5 Å². The van der Waals surface area contributed by atoms with E-state index in [1.54, 1.807) is 36.4 Å². The second-order valence-electron chi connectivity index (χ2n) is 8.39. The summed E-state index contributed by atoms with van der Waals surface area (Å²) in [5.74, 6) is -1.40. The molecule has 0 aliphatic carbocycles. The molecule has 3 rings (SSSR count). The molecule has 0 heterocycles. The summed E-state index contributed by atoms with van der Waals surface area (Å²) < 4.78 is 39.6. The zero-order valence-corrected chi connectivity index (χ0v) is 19.9. The number of amides is 2. The number of halogens is 3. The van der Waals surface area contributed by atoms with E-state index in [4.69, 9.17) is 0 Å². The Hall–Kier alpha value is -3.87. The lowest BCUT2D eigenvalue weighted by Crippen LogP contribution is -2.25. The van der Waals surface area contributed by atoms with Crippen LogP contribution in [-0.4, -0.2) is 24.9 Å². The first-order valence-electron chi connectivity index (χ1n) is 11.9. The number of benzene rings is 3. The van der Waals surface area contributed by atoms with Gasteiger partial charge in [-0.2, -0.15) is 0 Å². The molecule has 0 saturated heterocycles. The van der Waals surface area contributed by atoms with Gasteiger partial charge in [0.2, 0.25) is 5.91 Å². The van der Waals surface area contributed by atoms with Crippen molar-refractivity contribution in [3.05, 3.63) is 119 Å². The SMILES string of the molecule is O=C(CCCCC(c1ccc(F)cc1)c1ccc(F)cc1)NC/C=C/CNC(=O)c1ccc(F)cc1. The topological polar surface area (TPSA) is 58.2 Å². The van der Waals surface area contributed by atoms with Crippen molar-refractivity contribution < 1.29 is 22.8 Å². The van der Waals surface area contributed by atoms with Crippen LogP contribution in [0.2, 0.25) is 0 Å². The molecule has 0 radical (unpaired) electrons. The Morgan fingerprint density at radius 3 is 1.67 bits per heavy atom. The standard InChI is InChI=1S/C29H29F3N2O2/c30-24-13-7-21(8-14-24)27(22-9-15-25(31)16-10-22)5-1-2-6-28(35)33-19-3-4-20-34-29(36)23-11-17-26(32)18-12-23/h3-4,7-18,27H,1-2,5-6,19-20H2,(H,33,35)(H,34,36)/b4-3+. The molecule has 0 aliphatic heterocycles. The lowest BCUT2D eigenvalue weighted by molar-refractivity contribution is -0.121. The van der Waals surface area contributed by atoms with E-state index >= 15 is 0 Å². The third-order valence-electron chi connectivity index (χ3n) is 5.76. The average molecular weight is 495 g/mol. The number of carbonyl (C=O) groups excluding carboxylic acids is 2. The second kappa shape index (κ2) is 13.9. The fourth-order valence-electron chi connectivity index (χ4n) is 3.83. The zero-order chi connectivity index (χ0) is 25.8. The summed E-state index contributed by atoms with van der Waals surface area (Å²) >= 11 is 0. The summed E-state index contributed by atoms with van der Waals surface area (Å²) in [6.45, 7) is 0.638. The number of hydrogen-bond donors (Lipinski definition) is 2. The molecular weight excluding hydrogens is 465 g/mol. The van der Waals surface area contributed by atoms with E-state index in [2.05, 4.69) is 10.6 Å². The predicted molar refractivity (Wildman–Crippen MR) is 134 cm³/mol. The summed E-state index contributed by atoms with van der Waals surface area (Å²) in [5, 5.41) is 5.50. The summed E-state index contributed by atoms with van der Waals surface area (Å²) in [7, 11) is 0. The fraction of sp³-hybridized carbons (Fsp3) is 0.241. The van der Waals surface area contributed by atoms with Crippen LogP contribution in [-0.2, 0) is 4.79 Å². The third kappa shape index (κ3) is 8.73. The molecule has 2 amide bonds. The van der Waals surface area contributed by atoms with E-state index in [0.29, 0.717) is 31.5 Å². The highest BCUT2D eigenvalue weighted by atomic mass is 19.1. The highest BCUT2D eigenvalue weighted by Gasteiger charge is 2.15. The quantitative estimate of drug-likeness (QED) is 0.243. The van der Waals surface area contributed by atoms with Crippen LogP contribution in [0.1, 0.15) is 53.1 Å². The first-order chi connectivity index (χ1) is 17.4. The van der Waals surface area contributed by atoms with Crippen molar-refractivity contribution in [2.24, 2.45) is 0 Å². The Balaban J connectivity index is 1.36. The zero-order valence-electron chi connectivity index (χ0n) is 19.9. The van der Waals surface area contributed by atoms with Crippen molar-refractivity contribution in [1.29, 1.82) is 0 Å². The van der Waals surface area contributed by atoms with Crippen molar-refractivity contribution in [1.82, 2.24) is 10.6 Å².